The summed E-state index contributed by atoms with van der Waals surface area (Å²) in [5.74, 6) is 0.581. The highest BCUT2D eigenvalue weighted by Gasteiger charge is 2.16. The number of hydrogen-bond acceptors (Lipinski definition) is 4. The molecule has 0 saturated heterocycles. The fraction of sp³-hybridized carbons (Fsp3) is 0.357. The van der Waals surface area contributed by atoms with Gasteiger partial charge in [0.1, 0.15) is 6.26 Å². The van der Waals surface area contributed by atoms with Crippen LogP contribution in [0, 0.1) is 20.8 Å². The Labute approximate surface area is 119 Å². The van der Waals surface area contributed by atoms with Crippen molar-refractivity contribution in [3.63, 3.8) is 0 Å². The fourth-order valence-electron chi connectivity index (χ4n) is 1.91. The summed E-state index contributed by atoms with van der Waals surface area (Å²) in [6.07, 6.45) is 2.04. The van der Waals surface area contributed by atoms with Crippen LogP contribution in [0.25, 0.3) is 0 Å². The molecule has 0 fully saturated rings. The van der Waals surface area contributed by atoms with Crippen LogP contribution in [0.2, 0.25) is 0 Å². The van der Waals surface area contributed by atoms with Gasteiger partial charge in [0.05, 0.1) is 10.6 Å². The van der Waals surface area contributed by atoms with E-state index >= 15 is 0 Å². The van der Waals surface area contributed by atoms with Gasteiger partial charge in [-0.15, -0.1) is 0 Å². The molecular weight excluding hydrogens is 276 g/mol. The van der Waals surface area contributed by atoms with E-state index in [9.17, 15) is 8.42 Å². The minimum atomic E-state index is -3.49. The van der Waals surface area contributed by atoms with E-state index in [1.807, 2.05) is 19.1 Å². The zero-order chi connectivity index (χ0) is 14.8. The van der Waals surface area contributed by atoms with Gasteiger partial charge in [0.15, 0.2) is 5.89 Å². The molecular formula is C14H18N2O3S. The molecule has 20 heavy (non-hydrogen) atoms. The molecule has 2 aromatic rings. The summed E-state index contributed by atoms with van der Waals surface area (Å²) in [4.78, 5) is 4.46. The van der Waals surface area contributed by atoms with E-state index in [2.05, 4.69) is 9.71 Å². The van der Waals surface area contributed by atoms with Crippen molar-refractivity contribution in [1.29, 1.82) is 0 Å². The molecule has 0 unspecified atom stereocenters. The topological polar surface area (TPSA) is 72.2 Å². The Hall–Kier alpha value is -1.66. The minimum Gasteiger partial charge on any atom is -0.449 e. The van der Waals surface area contributed by atoms with Crippen LogP contribution in [0.15, 0.2) is 33.8 Å². The SMILES string of the molecule is Cc1ccc(C)c(S(=O)(=O)NCCc2coc(C)n2)c1. The van der Waals surface area contributed by atoms with Gasteiger partial charge in [0.25, 0.3) is 0 Å². The normalized spacial score (nSPS) is 11.8. The van der Waals surface area contributed by atoms with Crippen LogP contribution in [0.3, 0.4) is 0 Å². The van der Waals surface area contributed by atoms with E-state index in [1.54, 1.807) is 26.2 Å². The zero-order valence-electron chi connectivity index (χ0n) is 11.8. The minimum absolute atomic E-state index is 0.293. The molecule has 0 amide bonds. The lowest BCUT2D eigenvalue weighted by molar-refractivity contribution is 0.520. The average molecular weight is 294 g/mol. The predicted molar refractivity (Wildman–Crippen MR) is 76.0 cm³/mol. The van der Waals surface area contributed by atoms with Crippen molar-refractivity contribution in [2.24, 2.45) is 0 Å². The van der Waals surface area contributed by atoms with Crippen LogP contribution in [0.5, 0.6) is 0 Å². The van der Waals surface area contributed by atoms with Crippen LogP contribution in [0.1, 0.15) is 22.7 Å². The summed E-state index contributed by atoms with van der Waals surface area (Å²) in [6, 6.07) is 5.38. The molecule has 1 heterocycles. The number of hydrogen-bond donors (Lipinski definition) is 1. The lowest BCUT2D eigenvalue weighted by Gasteiger charge is -2.09. The molecule has 0 radical (unpaired) electrons. The molecule has 1 aromatic heterocycles. The van der Waals surface area contributed by atoms with Crippen LogP contribution >= 0.6 is 0 Å². The number of oxazole rings is 1. The van der Waals surface area contributed by atoms with Crippen LogP contribution in [-0.2, 0) is 16.4 Å². The molecule has 0 spiro atoms. The molecule has 0 aliphatic heterocycles. The smallest absolute Gasteiger partial charge is 0.240 e. The van der Waals surface area contributed by atoms with Gasteiger partial charge in [-0.3, -0.25) is 0 Å². The van der Waals surface area contributed by atoms with E-state index in [0.717, 1.165) is 16.8 Å². The Kier molecular flexibility index (Phi) is 4.25. The third-order valence-corrected chi connectivity index (χ3v) is 4.58. The summed E-state index contributed by atoms with van der Waals surface area (Å²) in [5, 5.41) is 0. The quantitative estimate of drug-likeness (QED) is 0.917. The zero-order valence-corrected chi connectivity index (χ0v) is 12.6. The van der Waals surface area contributed by atoms with E-state index in [4.69, 9.17) is 4.42 Å². The predicted octanol–water partition coefficient (Wildman–Crippen LogP) is 2.12. The fourth-order valence-corrected chi connectivity index (χ4v) is 3.27. The maximum Gasteiger partial charge on any atom is 0.240 e. The number of aryl methyl sites for hydroxylation is 3. The Morgan fingerprint density at radius 2 is 2.00 bits per heavy atom. The lowest BCUT2D eigenvalue weighted by Crippen LogP contribution is -2.26. The standard InChI is InChI=1S/C14H18N2O3S/c1-10-4-5-11(2)14(8-10)20(17,18)15-7-6-13-9-19-12(3)16-13/h4-5,8-9,15H,6-7H2,1-3H3. The number of rotatable bonds is 5. The summed E-state index contributed by atoms with van der Waals surface area (Å²) in [6.45, 7) is 5.71. The molecule has 5 nitrogen and oxygen atoms in total. The summed E-state index contributed by atoms with van der Waals surface area (Å²) in [7, 11) is -3.49. The van der Waals surface area contributed by atoms with E-state index in [1.165, 1.54) is 0 Å². The van der Waals surface area contributed by atoms with Gasteiger partial charge in [0.2, 0.25) is 10.0 Å². The lowest BCUT2D eigenvalue weighted by atomic mass is 10.2. The Bertz CT molecular complexity index is 705. The van der Waals surface area contributed by atoms with Crippen LogP contribution in [-0.4, -0.2) is 19.9 Å². The molecule has 0 bridgehead atoms. The molecule has 1 aromatic carbocycles. The van der Waals surface area contributed by atoms with Crippen molar-refractivity contribution >= 4 is 10.0 Å². The van der Waals surface area contributed by atoms with Crippen molar-refractivity contribution < 1.29 is 12.8 Å². The highest BCUT2D eigenvalue weighted by Crippen LogP contribution is 2.16. The number of nitrogens with one attached hydrogen (secondary N) is 1. The first kappa shape index (κ1) is 14.7. The summed E-state index contributed by atoms with van der Waals surface area (Å²) >= 11 is 0. The molecule has 0 saturated carbocycles. The van der Waals surface area contributed by atoms with Gasteiger partial charge in [0, 0.05) is 19.9 Å². The van der Waals surface area contributed by atoms with Gasteiger partial charge in [-0.05, 0) is 31.0 Å². The Balaban J connectivity index is 2.06. The van der Waals surface area contributed by atoms with Crippen LogP contribution in [0.4, 0.5) is 0 Å². The van der Waals surface area contributed by atoms with Gasteiger partial charge < -0.3 is 4.42 Å². The van der Waals surface area contributed by atoms with Crippen molar-refractivity contribution in [2.45, 2.75) is 32.1 Å². The largest absolute Gasteiger partial charge is 0.449 e. The maximum atomic E-state index is 12.2. The molecule has 0 aliphatic carbocycles. The summed E-state index contributed by atoms with van der Waals surface area (Å²) < 4.78 is 32.2. The van der Waals surface area contributed by atoms with Crippen molar-refractivity contribution in [3.05, 3.63) is 47.2 Å². The molecule has 2 rings (SSSR count). The molecule has 108 valence electrons. The van der Waals surface area contributed by atoms with E-state index in [0.29, 0.717) is 23.8 Å². The highest BCUT2D eigenvalue weighted by molar-refractivity contribution is 7.89. The van der Waals surface area contributed by atoms with Crippen molar-refractivity contribution in [2.75, 3.05) is 6.54 Å². The van der Waals surface area contributed by atoms with Gasteiger partial charge >= 0.3 is 0 Å². The summed E-state index contributed by atoms with van der Waals surface area (Å²) in [5.41, 5.74) is 2.40. The monoisotopic (exact) mass is 294 g/mol. The second-order valence-corrected chi connectivity index (χ2v) is 6.51. The average Bonchev–Trinajstić information content (AvgIpc) is 2.78. The Morgan fingerprint density at radius 1 is 1.25 bits per heavy atom. The molecule has 0 aliphatic rings. The second kappa shape index (κ2) is 5.76. The number of benzene rings is 1. The number of sulfonamides is 1. The van der Waals surface area contributed by atoms with E-state index in [-0.39, 0.29) is 0 Å². The first-order valence-corrected chi connectivity index (χ1v) is 7.85. The molecule has 1 N–H and O–H groups in total. The van der Waals surface area contributed by atoms with Crippen LogP contribution < -0.4 is 4.72 Å². The second-order valence-electron chi connectivity index (χ2n) is 4.77. The first-order valence-electron chi connectivity index (χ1n) is 6.36. The van der Waals surface area contributed by atoms with Gasteiger partial charge in [-0.25, -0.2) is 18.1 Å². The third-order valence-electron chi connectivity index (χ3n) is 2.97. The van der Waals surface area contributed by atoms with Gasteiger partial charge in [-0.1, -0.05) is 12.1 Å². The number of aromatic nitrogens is 1. The third kappa shape index (κ3) is 3.46. The van der Waals surface area contributed by atoms with Crippen molar-refractivity contribution in [1.82, 2.24) is 9.71 Å². The first-order chi connectivity index (χ1) is 9.38. The van der Waals surface area contributed by atoms with Crippen molar-refractivity contribution in [3.8, 4) is 0 Å². The maximum absolute atomic E-state index is 12.2. The highest BCUT2D eigenvalue weighted by atomic mass is 32.2. The van der Waals surface area contributed by atoms with E-state index < -0.39 is 10.0 Å². The molecule has 0 atom stereocenters. The number of nitrogens with zero attached hydrogens (tertiary/aromatic N) is 1. The van der Waals surface area contributed by atoms with Gasteiger partial charge in [-0.2, -0.15) is 0 Å². The molecule has 6 heteroatoms. The Morgan fingerprint density at radius 3 is 2.65 bits per heavy atom.